The predicted octanol–water partition coefficient (Wildman–Crippen LogP) is 5.42. The van der Waals surface area contributed by atoms with Gasteiger partial charge in [0.05, 0.1) is 0 Å². The van der Waals surface area contributed by atoms with Crippen molar-refractivity contribution in [1.82, 2.24) is 0 Å². The molecule has 1 aliphatic rings. The molecular weight excluding hydrogens is 336 g/mol. The molecule has 0 atom stereocenters. The quantitative estimate of drug-likeness (QED) is 0.463. The van der Waals surface area contributed by atoms with Gasteiger partial charge < -0.3 is 9.47 Å². The molecule has 0 saturated heterocycles. The third kappa shape index (κ3) is 3.63. The fraction of sp³-hybridized carbons (Fsp3) is 0.125. The van der Waals surface area contributed by atoms with E-state index < -0.39 is 0 Å². The van der Waals surface area contributed by atoms with E-state index in [-0.39, 0.29) is 0 Å². The van der Waals surface area contributed by atoms with E-state index in [0.717, 1.165) is 34.5 Å². The minimum absolute atomic E-state index is 0.584. The zero-order valence-electron chi connectivity index (χ0n) is 15.1. The highest BCUT2D eigenvalue weighted by Gasteiger charge is 2.13. The van der Waals surface area contributed by atoms with Crippen molar-refractivity contribution >= 4 is 18.4 Å². The van der Waals surface area contributed by atoms with Crippen LogP contribution in [0.2, 0.25) is 0 Å². The van der Waals surface area contributed by atoms with Gasteiger partial charge in [-0.3, -0.25) is 4.79 Å². The number of aldehydes is 1. The van der Waals surface area contributed by atoms with Gasteiger partial charge in [0, 0.05) is 5.56 Å². The van der Waals surface area contributed by atoms with Crippen LogP contribution in [0.25, 0.3) is 23.3 Å². The zero-order chi connectivity index (χ0) is 18.6. The van der Waals surface area contributed by atoms with Crippen molar-refractivity contribution in [2.75, 3.05) is 13.2 Å². The van der Waals surface area contributed by atoms with Crippen molar-refractivity contribution in [3.05, 3.63) is 82.9 Å². The minimum atomic E-state index is 0.584. The molecule has 3 heteroatoms. The fourth-order valence-corrected chi connectivity index (χ4v) is 3.23. The summed E-state index contributed by atoms with van der Waals surface area (Å²) in [6, 6.07) is 19.9. The van der Waals surface area contributed by atoms with Gasteiger partial charge in [0.1, 0.15) is 19.5 Å². The number of ether oxygens (including phenoxy) is 2. The Morgan fingerprint density at radius 2 is 1.56 bits per heavy atom. The largest absolute Gasteiger partial charge is 0.486 e. The van der Waals surface area contributed by atoms with Gasteiger partial charge in [-0.25, -0.2) is 0 Å². The second-order valence-electron chi connectivity index (χ2n) is 6.50. The molecule has 1 aliphatic heterocycles. The smallest absolute Gasteiger partial charge is 0.161 e. The van der Waals surface area contributed by atoms with Gasteiger partial charge in [0.15, 0.2) is 11.5 Å². The summed E-state index contributed by atoms with van der Waals surface area (Å²) >= 11 is 0. The van der Waals surface area contributed by atoms with E-state index in [0.29, 0.717) is 18.8 Å². The van der Waals surface area contributed by atoms with Crippen LogP contribution in [0.4, 0.5) is 0 Å². The summed E-state index contributed by atoms with van der Waals surface area (Å²) in [6.45, 7) is 3.31. The predicted molar refractivity (Wildman–Crippen MR) is 108 cm³/mol. The Hall–Kier alpha value is -3.33. The van der Waals surface area contributed by atoms with Crippen LogP contribution in [0.1, 0.15) is 27.0 Å². The molecule has 134 valence electrons. The summed E-state index contributed by atoms with van der Waals surface area (Å²) < 4.78 is 11.3. The first-order valence-electron chi connectivity index (χ1n) is 8.97. The maximum Gasteiger partial charge on any atom is 0.161 e. The number of fused-ring (bicyclic) bond motifs is 1. The molecule has 1 heterocycles. The molecular formula is C24H20O3. The van der Waals surface area contributed by atoms with Gasteiger partial charge in [0.2, 0.25) is 0 Å². The third-order valence-corrected chi connectivity index (χ3v) is 4.76. The third-order valence-electron chi connectivity index (χ3n) is 4.76. The van der Waals surface area contributed by atoms with Crippen LogP contribution in [0.15, 0.2) is 60.7 Å². The lowest BCUT2D eigenvalue weighted by atomic mass is 9.95. The molecule has 3 aromatic rings. The number of rotatable bonds is 4. The maximum absolute atomic E-state index is 10.8. The SMILES string of the molecule is Cc1c(/C=C/c2ccc(C=O)cc2)cccc1-c1ccc2c(c1)OCCO2. The highest BCUT2D eigenvalue weighted by atomic mass is 16.6. The van der Waals surface area contributed by atoms with Crippen molar-refractivity contribution in [3.63, 3.8) is 0 Å². The fourth-order valence-electron chi connectivity index (χ4n) is 3.23. The van der Waals surface area contributed by atoms with Crippen molar-refractivity contribution in [2.24, 2.45) is 0 Å². The van der Waals surface area contributed by atoms with Gasteiger partial charge >= 0.3 is 0 Å². The first kappa shape index (κ1) is 17.1. The molecule has 3 nitrogen and oxygen atoms in total. The molecule has 0 saturated carbocycles. The Bertz CT molecular complexity index is 1000. The lowest BCUT2D eigenvalue weighted by Crippen LogP contribution is -2.15. The van der Waals surface area contributed by atoms with Crippen LogP contribution >= 0.6 is 0 Å². The van der Waals surface area contributed by atoms with Crippen LogP contribution in [0.5, 0.6) is 11.5 Å². The first-order chi connectivity index (χ1) is 13.2. The lowest BCUT2D eigenvalue weighted by molar-refractivity contribution is 0.112. The normalized spacial score (nSPS) is 12.9. The van der Waals surface area contributed by atoms with E-state index in [1.54, 1.807) is 0 Å². The van der Waals surface area contributed by atoms with Gasteiger partial charge in [0.25, 0.3) is 0 Å². The summed E-state index contributed by atoms with van der Waals surface area (Å²) in [7, 11) is 0. The standard InChI is InChI=1S/C24H20O3/c1-17-20(10-9-18-5-7-19(16-25)8-6-18)3-2-4-22(17)21-11-12-23-24(15-21)27-14-13-26-23/h2-12,15-16H,13-14H2,1H3/b10-9+. The number of hydrogen-bond donors (Lipinski definition) is 0. The van der Waals surface area contributed by atoms with Crippen molar-refractivity contribution < 1.29 is 14.3 Å². The van der Waals surface area contributed by atoms with Crippen LogP contribution in [0.3, 0.4) is 0 Å². The average Bonchev–Trinajstić information content (AvgIpc) is 2.73. The Morgan fingerprint density at radius 1 is 0.815 bits per heavy atom. The van der Waals surface area contributed by atoms with E-state index in [2.05, 4.69) is 43.3 Å². The molecule has 0 bridgehead atoms. The second kappa shape index (κ2) is 7.50. The average molecular weight is 356 g/mol. The highest BCUT2D eigenvalue weighted by Crippen LogP contribution is 2.36. The Labute approximate surface area is 158 Å². The van der Waals surface area contributed by atoms with E-state index in [1.807, 2.05) is 36.4 Å². The molecule has 3 aromatic carbocycles. The van der Waals surface area contributed by atoms with Crippen LogP contribution in [-0.2, 0) is 0 Å². The molecule has 0 spiro atoms. The van der Waals surface area contributed by atoms with E-state index in [4.69, 9.17) is 9.47 Å². The van der Waals surface area contributed by atoms with Gasteiger partial charge in [-0.05, 0) is 46.9 Å². The Morgan fingerprint density at radius 3 is 2.33 bits per heavy atom. The first-order valence-corrected chi connectivity index (χ1v) is 8.97. The van der Waals surface area contributed by atoms with E-state index in [1.165, 1.54) is 11.1 Å². The van der Waals surface area contributed by atoms with Crippen LogP contribution < -0.4 is 9.47 Å². The zero-order valence-corrected chi connectivity index (χ0v) is 15.1. The summed E-state index contributed by atoms with van der Waals surface area (Å²) in [5.41, 5.74) is 6.39. The molecule has 0 unspecified atom stereocenters. The molecule has 0 radical (unpaired) electrons. The Balaban J connectivity index is 1.64. The summed E-state index contributed by atoms with van der Waals surface area (Å²) in [5, 5.41) is 0. The molecule has 27 heavy (non-hydrogen) atoms. The molecule has 4 rings (SSSR count). The van der Waals surface area contributed by atoms with E-state index >= 15 is 0 Å². The second-order valence-corrected chi connectivity index (χ2v) is 6.50. The van der Waals surface area contributed by atoms with Crippen molar-refractivity contribution in [2.45, 2.75) is 6.92 Å². The van der Waals surface area contributed by atoms with E-state index in [9.17, 15) is 4.79 Å². The van der Waals surface area contributed by atoms with Crippen LogP contribution in [-0.4, -0.2) is 19.5 Å². The van der Waals surface area contributed by atoms with Gasteiger partial charge in [-0.1, -0.05) is 60.7 Å². The number of carbonyl (C=O) groups is 1. The van der Waals surface area contributed by atoms with Crippen molar-refractivity contribution in [3.8, 4) is 22.6 Å². The Kier molecular flexibility index (Phi) is 4.75. The number of benzene rings is 3. The number of carbonyl (C=O) groups excluding carboxylic acids is 1. The lowest BCUT2D eigenvalue weighted by Gasteiger charge is -2.19. The van der Waals surface area contributed by atoms with Gasteiger partial charge in [-0.2, -0.15) is 0 Å². The summed E-state index contributed by atoms with van der Waals surface area (Å²) in [4.78, 5) is 10.8. The molecule has 0 aromatic heterocycles. The molecule has 0 aliphatic carbocycles. The minimum Gasteiger partial charge on any atom is -0.486 e. The van der Waals surface area contributed by atoms with Gasteiger partial charge in [-0.15, -0.1) is 0 Å². The summed E-state index contributed by atoms with van der Waals surface area (Å²) in [5.74, 6) is 1.60. The molecule has 0 N–H and O–H groups in total. The molecule has 0 fully saturated rings. The van der Waals surface area contributed by atoms with Crippen LogP contribution in [0, 0.1) is 6.92 Å². The number of hydrogen-bond acceptors (Lipinski definition) is 3. The molecule has 0 amide bonds. The topological polar surface area (TPSA) is 35.5 Å². The maximum atomic E-state index is 10.8. The summed E-state index contributed by atoms with van der Waals surface area (Å²) in [6.07, 6.45) is 5.02. The monoisotopic (exact) mass is 356 g/mol. The highest BCUT2D eigenvalue weighted by molar-refractivity contribution is 5.79. The van der Waals surface area contributed by atoms with Crippen molar-refractivity contribution in [1.29, 1.82) is 0 Å².